The first-order chi connectivity index (χ1) is 35.4. The topological polar surface area (TPSA) is 442 Å². The van der Waals surface area contributed by atoms with Crippen molar-refractivity contribution in [2.75, 3.05) is 57.2 Å². The summed E-state index contributed by atoms with van der Waals surface area (Å²) in [7, 11) is -20.4. The molecule has 4 atom stereocenters. The summed E-state index contributed by atoms with van der Waals surface area (Å²) in [5.41, 5.74) is -0.677. The molecule has 0 saturated heterocycles. The van der Waals surface area contributed by atoms with E-state index < -0.39 is 84.5 Å². The van der Waals surface area contributed by atoms with Crippen molar-refractivity contribution in [3.05, 3.63) is 96.1 Å². The minimum Gasteiger partial charge on any atom is -0.744 e. The van der Waals surface area contributed by atoms with E-state index in [-0.39, 0.29) is 214 Å². The first-order valence-corrected chi connectivity index (χ1v) is 27.8. The molecule has 2 heterocycles. The van der Waals surface area contributed by atoms with Gasteiger partial charge in [0, 0.05) is 48.9 Å². The molecule has 0 amide bonds. The van der Waals surface area contributed by atoms with Gasteiger partial charge in [-0.15, -0.1) is 0 Å². The average molecular weight is 1220 g/mol. The number of aliphatic hydroxyl groups excluding tert-OH is 4. The predicted octanol–water partition coefficient (Wildman–Crippen LogP) is -10.0. The molecular weight excluding hydrogens is 1170 g/mol. The molecule has 0 aliphatic heterocycles. The maximum Gasteiger partial charge on any atom is 1.00 e. The van der Waals surface area contributed by atoms with E-state index in [0.717, 1.165) is 60.7 Å². The Kier molecular flexibility index (Phi) is 28.5. The van der Waals surface area contributed by atoms with Crippen LogP contribution in [0.25, 0.3) is 12.2 Å². The monoisotopic (exact) mass is 1220 g/mol. The van der Waals surface area contributed by atoms with E-state index in [1.807, 2.05) is 0 Å². The molecule has 28 nitrogen and oxygen atoms in total. The standard InChI is InChI=1S/C44H52N12O16S4.4Na/c1-25(57)21-55(22-26(2)58)43-51-39(45-31-7-5-9-35(17-31)73(61,62)63)49-41(53-43)47-33-15-13-29(37(19-33)75(67,68)69)11-12-30-14-16-34(20-38(30)76(70,71)72)48-42-50-40(46-32-8-6-10-36(18-32)74(64,65)66)52-44(54-42)56(23-27(3)59)24-28(4)60;;;;/h5-20,25-28,57-60H,21-24H2,1-4H3,(H,61,62,63)(H,64,65,66)(H,67,68,69)(H,70,71,72)(H2,45,47,49,51,53)(H2,46,48,50,52,54);;;;/q;4*+1/p-4/b12-11+;;;;. The third kappa shape index (κ3) is 22.2. The van der Waals surface area contributed by atoms with Gasteiger partial charge in [-0.2, -0.15) is 29.9 Å². The minimum atomic E-state index is -5.33. The van der Waals surface area contributed by atoms with Crippen molar-refractivity contribution in [3.63, 3.8) is 0 Å². The predicted molar refractivity (Wildman–Crippen MR) is 270 cm³/mol. The van der Waals surface area contributed by atoms with Crippen LogP contribution in [0.3, 0.4) is 0 Å². The van der Waals surface area contributed by atoms with E-state index in [4.69, 9.17) is 0 Å². The van der Waals surface area contributed by atoms with Gasteiger partial charge in [-0.25, -0.2) is 33.7 Å². The SMILES string of the molecule is CC(O)CN(CC(C)O)c1nc(Nc2cccc(S(=O)(=O)[O-])c2)nc(Nc2ccc(/C=C/c3ccc(Nc4nc(Nc5cccc(S(=O)(=O)[O-])c5)nc(N(CC(C)O)CC(C)O)n4)cc3S(=O)(=O)[O-])c(S(=O)(=O)[O-])c2)n1.[Na+].[Na+].[Na+].[Na+]. The molecule has 36 heteroatoms. The van der Waals surface area contributed by atoms with E-state index in [9.17, 15) is 72.3 Å². The molecule has 0 bridgehead atoms. The molecule has 2 aromatic heterocycles. The van der Waals surface area contributed by atoms with E-state index in [1.165, 1.54) is 73.9 Å². The molecular formula is C44H48N12Na4O16S4. The Morgan fingerprint density at radius 2 is 0.700 bits per heavy atom. The Morgan fingerprint density at radius 1 is 0.425 bits per heavy atom. The third-order valence-electron chi connectivity index (χ3n) is 10.0. The van der Waals surface area contributed by atoms with Gasteiger partial charge in [-0.3, -0.25) is 0 Å². The van der Waals surface area contributed by atoms with E-state index in [1.54, 1.807) is 0 Å². The number of aromatic nitrogens is 6. The molecule has 4 aromatic carbocycles. The second-order valence-corrected chi connectivity index (χ2v) is 22.4. The van der Waals surface area contributed by atoms with E-state index >= 15 is 0 Å². The first-order valence-electron chi connectivity index (χ1n) is 22.2. The maximum absolute atomic E-state index is 12.7. The van der Waals surface area contributed by atoms with Crippen molar-refractivity contribution >= 4 is 111 Å². The summed E-state index contributed by atoms with van der Waals surface area (Å²) in [6, 6.07) is 16.2. The van der Waals surface area contributed by atoms with E-state index in [2.05, 4.69) is 51.2 Å². The molecule has 80 heavy (non-hydrogen) atoms. The summed E-state index contributed by atoms with van der Waals surface area (Å²) in [5.74, 6) is -1.44. The number of hydrogen-bond acceptors (Lipinski definition) is 28. The largest absolute Gasteiger partial charge is 1.00 e. The van der Waals surface area contributed by atoms with Crippen LogP contribution in [0.15, 0.2) is 105 Å². The number of benzene rings is 4. The van der Waals surface area contributed by atoms with E-state index in [0.29, 0.717) is 0 Å². The number of rotatable bonds is 24. The molecule has 0 aliphatic rings. The smallest absolute Gasteiger partial charge is 0.744 e. The van der Waals surface area contributed by atoms with Crippen LogP contribution in [0, 0.1) is 0 Å². The molecule has 408 valence electrons. The Morgan fingerprint density at radius 3 is 0.950 bits per heavy atom. The van der Waals surface area contributed by atoms with Crippen LogP contribution in [0.1, 0.15) is 38.8 Å². The second-order valence-electron chi connectivity index (χ2n) is 17.0. The number of hydrogen-bond donors (Lipinski definition) is 8. The molecule has 4 unspecified atom stereocenters. The molecule has 6 aromatic rings. The fourth-order valence-electron chi connectivity index (χ4n) is 7.07. The average Bonchev–Trinajstić information content (AvgIpc) is 3.29. The zero-order chi connectivity index (χ0) is 55.9. The Balaban J connectivity index is 0.00000547. The molecule has 0 aliphatic carbocycles. The second kappa shape index (κ2) is 31.2. The molecule has 0 radical (unpaired) electrons. The zero-order valence-corrected chi connectivity index (χ0v) is 55.5. The van der Waals surface area contributed by atoms with Crippen LogP contribution in [0.2, 0.25) is 0 Å². The van der Waals surface area contributed by atoms with Crippen LogP contribution >= 0.6 is 0 Å². The van der Waals surface area contributed by atoms with Gasteiger partial charge in [0.05, 0.1) is 44.0 Å². The van der Waals surface area contributed by atoms with Crippen LogP contribution in [0.5, 0.6) is 0 Å². The third-order valence-corrected chi connectivity index (χ3v) is 13.5. The Bertz CT molecular complexity index is 3340. The van der Waals surface area contributed by atoms with Gasteiger partial charge in [0.2, 0.25) is 35.7 Å². The van der Waals surface area contributed by atoms with Crippen molar-refractivity contribution in [1.29, 1.82) is 0 Å². The number of anilines is 10. The molecule has 6 rings (SSSR count). The van der Waals surface area contributed by atoms with Crippen molar-refractivity contribution < 1.29 is 191 Å². The minimum absolute atomic E-state index is 0. The normalized spacial score (nSPS) is 13.2. The van der Waals surface area contributed by atoms with Crippen molar-refractivity contribution in [3.8, 4) is 0 Å². The summed E-state index contributed by atoms with van der Waals surface area (Å²) in [6.07, 6.45) is -1.80. The molecule has 0 spiro atoms. The summed E-state index contributed by atoms with van der Waals surface area (Å²) in [4.78, 5) is 25.8. The molecule has 0 saturated carbocycles. The van der Waals surface area contributed by atoms with Crippen molar-refractivity contribution in [1.82, 2.24) is 29.9 Å². The fourth-order valence-corrected chi connectivity index (χ4v) is 9.50. The summed E-state index contributed by atoms with van der Waals surface area (Å²) in [5, 5.41) is 51.9. The first kappa shape index (κ1) is 73.0. The van der Waals surface area contributed by atoms with Gasteiger partial charge in [-0.1, -0.05) is 36.4 Å². The van der Waals surface area contributed by atoms with Crippen LogP contribution in [-0.4, -0.2) is 153 Å². The number of nitrogens with zero attached hydrogens (tertiary/aromatic N) is 8. The van der Waals surface area contributed by atoms with Crippen LogP contribution in [-0.2, 0) is 40.5 Å². The Hall–Kier alpha value is -3.08. The molecule has 0 fully saturated rings. The number of nitrogens with one attached hydrogen (secondary N) is 4. The zero-order valence-electron chi connectivity index (χ0n) is 44.3. The van der Waals surface area contributed by atoms with Crippen LogP contribution in [0.4, 0.5) is 58.4 Å². The molecule has 8 N–H and O–H groups in total. The van der Waals surface area contributed by atoms with Gasteiger partial charge < -0.3 is 69.7 Å². The van der Waals surface area contributed by atoms with Gasteiger partial charge in [0.1, 0.15) is 40.5 Å². The van der Waals surface area contributed by atoms with Crippen LogP contribution < -0.4 is 149 Å². The van der Waals surface area contributed by atoms with Crippen molar-refractivity contribution in [2.24, 2.45) is 0 Å². The summed E-state index contributed by atoms with van der Waals surface area (Å²) >= 11 is 0. The van der Waals surface area contributed by atoms with Gasteiger partial charge >= 0.3 is 118 Å². The van der Waals surface area contributed by atoms with Gasteiger partial charge in [0.15, 0.2) is 0 Å². The number of aliphatic hydroxyl groups is 4. The van der Waals surface area contributed by atoms with Crippen molar-refractivity contribution in [2.45, 2.75) is 71.7 Å². The summed E-state index contributed by atoms with van der Waals surface area (Å²) in [6.45, 7) is 5.39. The van der Waals surface area contributed by atoms with Gasteiger partial charge in [-0.05, 0) is 99.5 Å². The fraction of sp³-hybridized carbons (Fsp3) is 0.273. The van der Waals surface area contributed by atoms with Gasteiger partial charge in [0.25, 0.3) is 0 Å². The summed E-state index contributed by atoms with van der Waals surface area (Å²) < 4.78 is 147. The maximum atomic E-state index is 12.7. The Labute approximate surface area is 550 Å². The quantitative estimate of drug-likeness (QED) is 0.0158.